The summed E-state index contributed by atoms with van der Waals surface area (Å²) in [5.74, 6) is 0.222. The van der Waals surface area contributed by atoms with E-state index in [2.05, 4.69) is 5.32 Å². The second-order valence-electron chi connectivity index (χ2n) is 5.00. The molecule has 0 saturated carbocycles. The van der Waals surface area contributed by atoms with Crippen molar-refractivity contribution < 1.29 is 18.8 Å². The first-order valence-corrected chi connectivity index (χ1v) is 6.75. The summed E-state index contributed by atoms with van der Waals surface area (Å²) in [6.45, 7) is 0.950. The van der Waals surface area contributed by atoms with Gasteiger partial charge in [0.25, 0.3) is 0 Å². The minimum atomic E-state index is -0.370. The normalized spacial score (nSPS) is 22.4. The summed E-state index contributed by atoms with van der Waals surface area (Å²) in [6.07, 6.45) is 5.18. The molecule has 21 heavy (non-hydrogen) atoms. The maximum absolute atomic E-state index is 12.1. The van der Waals surface area contributed by atoms with Gasteiger partial charge in [0.15, 0.2) is 0 Å². The molecule has 3 heterocycles. The standard InChI is InChI=1S/C14H15N3O4/c18-12(4-3-11-2-1-7-21-11)16-6-5-10(9-16)17-13(19)8-15-14(17)20/h1-4,7,10H,5-6,8-9H2,(H,15,20). The molecule has 0 spiro atoms. The molecule has 2 fully saturated rings. The molecule has 2 aliphatic heterocycles. The number of likely N-dealkylation sites (tertiary alicyclic amines) is 1. The van der Waals surface area contributed by atoms with E-state index in [1.165, 1.54) is 17.2 Å². The lowest BCUT2D eigenvalue weighted by atomic mass is 10.2. The Balaban J connectivity index is 1.60. The fourth-order valence-corrected chi connectivity index (χ4v) is 2.60. The van der Waals surface area contributed by atoms with Gasteiger partial charge in [-0.1, -0.05) is 0 Å². The number of nitrogens with one attached hydrogen (secondary N) is 1. The molecule has 4 amide bonds. The van der Waals surface area contributed by atoms with Crippen LogP contribution < -0.4 is 5.32 Å². The molecule has 1 atom stereocenters. The van der Waals surface area contributed by atoms with Crippen molar-refractivity contribution in [2.75, 3.05) is 19.6 Å². The smallest absolute Gasteiger partial charge is 0.324 e. The lowest BCUT2D eigenvalue weighted by molar-refractivity contribution is -0.128. The van der Waals surface area contributed by atoms with Gasteiger partial charge in [0.2, 0.25) is 11.8 Å². The van der Waals surface area contributed by atoms with Gasteiger partial charge in [0.05, 0.1) is 18.8 Å². The molecule has 3 rings (SSSR count). The van der Waals surface area contributed by atoms with E-state index in [4.69, 9.17) is 4.42 Å². The molecule has 7 nitrogen and oxygen atoms in total. The molecule has 1 aromatic rings. The lowest BCUT2D eigenvalue weighted by Gasteiger charge is -2.20. The molecule has 2 saturated heterocycles. The number of hydrogen-bond donors (Lipinski definition) is 1. The van der Waals surface area contributed by atoms with Crippen LogP contribution in [0.5, 0.6) is 0 Å². The molecule has 1 unspecified atom stereocenters. The third-order valence-electron chi connectivity index (χ3n) is 3.65. The summed E-state index contributed by atoms with van der Waals surface area (Å²) in [5, 5.41) is 2.49. The van der Waals surface area contributed by atoms with Gasteiger partial charge in [-0.25, -0.2) is 4.79 Å². The van der Waals surface area contributed by atoms with E-state index in [1.54, 1.807) is 23.1 Å². The highest BCUT2D eigenvalue weighted by Gasteiger charge is 2.39. The Morgan fingerprint density at radius 2 is 2.29 bits per heavy atom. The average Bonchev–Trinajstić information content (AvgIpc) is 3.18. The number of amides is 4. The van der Waals surface area contributed by atoms with Crippen LogP contribution in [0.2, 0.25) is 0 Å². The highest BCUT2D eigenvalue weighted by atomic mass is 16.3. The van der Waals surface area contributed by atoms with Gasteiger partial charge >= 0.3 is 6.03 Å². The number of imide groups is 1. The van der Waals surface area contributed by atoms with Crippen molar-refractivity contribution in [3.05, 3.63) is 30.2 Å². The summed E-state index contributed by atoms with van der Waals surface area (Å²) in [7, 11) is 0. The van der Waals surface area contributed by atoms with Crippen molar-refractivity contribution in [3.8, 4) is 0 Å². The van der Waals surface area contributed by atoms with Crippen LogP contribution in [0.4, 0.5) is 4.79 Å². The van der Waals surface area contributed by atoms with E-state index in [0.29, 0.717) is 25.3 Å². The van der Waals surface area contributed by atoms with Crippen LogP contribution in [0.1, 0.15) is 12.2 Å². The van der Waals surface area contributed by atoms with Crippen molar-refractivity contribution in [1.82, 2.24) is 15.1 Å². The van der Waals surface area contributed by atoms with Crippen molar-refractivity contribution in [3.63, 3.8) is 0 Å². The largest absolute Gasteiger partial charge is 0.465 e. The first-order chi connectivity index (χ1) is 10.1. The molecular weight excluding hydrogens is 274 g/mol. The van der Waals surface area contributed by atoms with Crippen LogP contribution in [-0.2, 0) is 9.59 Å². The average molecular weight is 289 g/mol. The number of nitrogens with zero attached hydrogens (tertiary/aromatic N) is 2. The number of hydrogen-bond acceptors (Lipinski definition) is 4. The topological polar surface area (TPSA) is 82.9 Å². The van der Waals surface area contributed by atoms with Crippen LogP contribution in [0.3, 0.4) is 0 Å². The molecule has 1 aromatic heterocycles. The maximum atomic E-state index is 12.1. The van der Waals surface area contributed by atoms with Crippen LogP contribution in [0, 0.1) is 0 Å². The molecule has 0 aliphatic carbocycles. The third-order valence-corrected chi connectivity index (χ3v) is 3.65. The van der Waals surface area contributed by atoms with Crippen LogP contribution in [0.25, 0.3) is 6.08 Å². The summed E-state index contributed by atoms with van der Waals surface area (Å²) in [6, 6.07) is 2.89. The van der Waals surface area contributed by atoms with E-state index >= 15 is 0 Å². The summed E-state index contributed by atoms with van der Waals surface area (Å²) < 4.78 is 5.11. The van der Waals surface area contributed by atoms with Gasteiger partial charge in [-0.3, -0.25) is 14.5 Å². The highest BCUT2D eigenvalue weighted by molar-refractivity contribution is 6.02. The monoisotopic (exact) mass is 289 g/mol. The zero-order valence-electron chi connectivity index (χ0n) is 11.3. The Hall–Kier alpha value is -2.57. The van der Waals surface area contributed by atoms with Gasteiger partial charge < -0.3 is 14.6 Å². The summed E-state index contributed by atoms with van der Waals surface area (Å²) >= 11 is 0. The molecular formula is C14H15N3O4. The Bertz CT molecular complexity index is 577. The van der Waals surface area contributed by atoms with E-state index < -0.39 is 0 Å². The van der Waals surface area contributed by atoms with E-state index in [0.717, 1.165) is 0 Å². The van der Waals surface area contributed by atoms with Crippen molar-refractivity contribution >= 4 is 23.9 Å². The molecule has 0 bridgehead atoms. The van der Waals surface area contributed by atoms with Gasteiger partial charge in [0.1, 0.15) is 5.76 Å². The Kier molecular flexibility index (Phi) is 3.47. The molecule has 0 radical (unpaired) electrons. The Labute approximate surface area is 121 Å². The minimum absolute atomic E-state index is 0.0433. The van der Waals surface area contributed by atoms with Crippen LogP contribution >= 0.6 is 0 Å². The van der Waals surface area contributed by atoms with Gasteiger partial charge in [-0.05, 0) is 24.6 Å². The SMILES string of the molecule is O=C(C=Cc1ccco1)N1CCC(N2C(=O)CNC2=O)C1. The minimum Gasteiger partial charge on any atom is -0.465 e. The predicted molar refractivity (Wildman–Crippen MR) is 73.0 cm³/mol. The van der Waals surface area contributed by atoms with Crippen LogP contribution in [0.15, 0.2) is 28.9 Å². The second kappa shape index (κ2) is 5.43. The highest BCUT2D eigenvalue weighted by Crippen LogP contribution is 2.18. The first-order valence-electron chi connectivity index (χ1n) is 6.75. The van der Waals surface area contributed by atoms with E-state index in [-0.39, 0.29) is 30.4 Å². The lowest BCUT2D eigenvalue weighted by Crippen LogP contribution is -2.42. The molecule has 110 valence electrons. The van der Waals surface area contributed by atoms with E-state index in [9.17, 15) is 14.4 Å². The van der Waals surface area contributed by atoms with Gasteiger partial charge in [0, 0.05) is 19.2 Å². The predicted octanol–water partition coefficient (Wildman–Crippen LogP) is 0.446. The Morgan fingerprint density at radius 3 is 2.95 bits per heavy atom. The summed E-state index contributed by atoms with van der Waals surface area (Å²) in [5.41, 5.74) is 0. The number of carbonyl (C=O) groups excluding carboxylic acids is 3. The fraction of sp³-hybridized carbons (Fsp3) is 0.357. The third kappa shape index (κ3) is 2.67. The quantitative estimate of drug-likeness (QED) is 0.647. The Morgan fingerprint density at radius 1 is 1.43 bits per heavy atom. The van der Waals surface area contributed by atoms with E-state index in [1.807, 2.05) is 0 Å². The number of rotatable bonds is 3. The fourth-order valence-electron chi connectivity index (χ4n) is 2.60. The van der Waals surface area contributed by atoms with Crippen molar-refractivity contribution in [2.24, 2.45) is 0 Å². The molecule has 2 aliphatic rings. The summed E-state index contributed by atoms with van der Waals surface area (Å²) in [4.78, 5) is 38.1. The molecule has 1 N–H and O–H groups in total. The van der Waals surface area contributed by atoms with Gasteiger partial charge in [-0.15, -0.1) is 0 Å². The molecule has 0 aromatic carbocycles. The number of carbonyl (C=O) groups is 3. The van der Waals surface area contributed by atoms with Gasteiger partial charge in [-0.2, -0.15) is 0 Å². The number of urea groups is 1. The maximum Gasteiger partial charge on any atom is 0.324 e. The zero-order chi connectivity index (χ0) is 14.8. The van der Waals surface area contributed by atoms with Crippen LogP contribution in [-0.4, -0.2) is 53.3 Å². The number of furan rings is 1. The zero-order valence-corrected chi connectivity index (χ0v) is 11.3. The van der Waals surface area contributed by atoms with Crippen molar-refractivity contribution in [2.45, 2.75) is 12.5 Å². The molecule has 7 heteroatoms. The van der Waals surface area contributed by atoms with Crippen molar-refractivity contribution in [1.29, 1.82) is 0 Å². The second-order valence-corrected chi connectivity index (χ2v) is 5.00. The first kappa shape index (κ1) is 13.4.